The Morgan fingerprint density at radius 3 is 2.83 bits per heavy atom. The molecular weight excluding hydrogens is 246 g/mol. The van der Waals surface area contributed by atoms with E-state index in [-0.39, 0.29) is 0 Å². The van der Waals surface area contributed by atoms with Gasteiger partial charge in [0.05, 0.1) is 6.54 Å². The summed E-state index contributed by atoms with van der Waals surface area (Å²) in [6, 6.07) is 3.69. The first kappa shape index (κ1) is 12.5. The molecule has 5 nitrogen and oxygen atoms in total. The Hall–Kier alpha value is -1.95. The van der Waals surface area contributed by atoms with E-state index in [1.54, 1.807) is 18.5 Å². The summed E-state index contributed by atoms with van der Waals surface area (Å²) in [5.74, 6) is 1.79. The highest BCUT2D eigenvalue weighted by atomic mass is 32.1. The summed E-state index contributed by atoms with van der Waals surface area (Å²) in [5, 5.41) is 0. The second-order valence-electron chi connectivity index (χ2n) is 4.08. The maximum absolute atomic E-state index is 5.61. The molecule has 0 aliphatic carbocycles. The molecule has 0 fully saturated rings. The maximum atomic E-state index is 5.61. The summed E-state index contributed by atoms with van der Waals surface area (Å²) in [5.41, 5.74) is 6.43. The summed E-state index contributed by atoms with van der Waals surface area (Å²) in [6.45, 7) is 0.678. The topological polar surface area (TPSA) is 60.0 Å². The number of hydrogen-bond donors (Lipinski definition) is 1. The lowest BCUT2D eigenvalue weighted by molar-refractivity contribution is 0.755. The van der Waals surface area contributed by atoms with Crippen molar-refractivity contribution in [3.8, 4) is 0 Å². The monoisotopic (exact) mass is 261 g/mol. The Kier molecular flexibility index (Phi) is 3.57. The van der Waals surface area contributed by atoms with E-state index in [9.17, 15) is 0 Å². The third-order valence-electron chi connectivity index (χ3n) is 2.72. The number of hydrogen-bond acceptors (Lipinski definition) is 4. The van der Waals surface area contributed by atoms with Crippen LogP contribution in [-0.2, 0) is 13.6 Å². The Bertz CT molecular complexity index is 563. The van der Waals surface area contributed by atoms with Crippen LogP contribution in [0, 0.1) is 0 Å². The minimum atomic E-state index is 0.379. The van der Waals surface area contributed by atoms with Gasteiger partial charge in [0, 0.05) is 38.2 Å². The van der Waals surface area contributed by atoms with Gasteiger partial charge in [-0.2, -0.15) is 0 Å². The van der Waals surface area contributed by atoms with E-state index in [0.717, 1.165) is 17.2 Å². The minimum absolute atomic E-state index is 0.379. The smallest absolute Gasteiger partial charge is 0.129 e. The van der Waals surface area contributed by atoms with E-state index < -0.39 is 0 Å². The van der Waals surface area contributed by atoms with Gasteiger partial charge in [-0.25, -0.2) is 9.97 Å². The van der Waals surface area contributed by atoms with Gasteiger partial charge in [-0.1, -0.05) is 12.2 Å². The van der Waals surface area contributed by atoms with Crippen LogP contribution in [0.5, 0.6) is 0 Å². The van der Waals surface area contributed by atoms with Crippen molar-refractivity contribution in [3.05, 3.63) is 42.1 Å². The van der Waals surface area contributed by atoms with Crippen molar-refractivity contribution in [2.45, 2.75) is 6.54 Å². The second-order valence-corrected chi connectivity index (χ2v) is 4.52. The fourth-order valence-corrected chi connectivity index (χ4v) is 1.75. The standard InChI is InChI=1S/C12H15N5S/c1-16-6-5-15-11(16)8-17(2)10-7-9(12(13)18)3-4-14-10/h3-7H,8H2,1-2H3,(H2,13,18). The summed E-state index contributed by atoms with van der Waals surface area (Å²) in [4.78, 5) is 11.0. The molecule has 0 spiro atoms. The normalized spacial score (nSPS) is 10.3. The molecule has 0 bridgehead atoms. The first-order valence-corrected chi connectivity index (χ1v) is 5.92. The van der Waals surface area contributed by atoms with Crippen LogP contribution in [0.25, 0.3) is 0 Å². The molecular formula is C12H15N5S. The van der Waals surface area contributed by atoms with Crippen LogP contribution in [0.3, 0.4) is 0 Å². The molecule has 0 unspecified atom stereocenters. The van der Waals surface area contributed by atoms with Crippen molar-refractivity contribution >= 4 is 23.0 Å². The van der Waals surface area contributed by atoms with Crippen LogP contribution >= 0.6 is 12.2 Å². The number of aryl methyl sites for hydroxylation is 1. The van der Waals surface area contributed by atoms with E-state index in [1.165, 1.54) is 0 Å². The Labute approximate surface area is 111 Å². The Morgan fingerprint density at radius 1 is 1.44 bits per heavy atom. The molecule has 2 aromatic heterocycles. The van der Waals surface area contributed by atoms with E-state index in [4.69, 9.17) is 18.0 Å². The fourth-order valence-electron chi connectivity index (χ4n) is 1.62. The minimum Gasteiger partial charge on any atom is -0.389 e. The van der Waals surface area contributed by atoms with Crippen LogP contribution in [-0.4, -0.2) is 26.6 Å². The molecule has 0 amide bonds. The molecule has 0 saturated carbocycles. The van der Waals surface area contributed by atoms with Gasteiger partial charge in [0.15, 0.2) is 0 Å². The number of rotatable bonds is 4. The van der Waals surface area contributed by atoms with Gasteiger partial charge in [-0.05, 0) is 12.1 Å². The first-order chi connectivity index (χ1) is 8.58. The SMILES string of the molecule is CN(Cc1nccn1C)c1cc(C(N)=S)ccn1. The third-order valence-corrected chi connectivity index (χ3v) is 2.96. The van der Waals surface area contributed by atoms with Gasteiger partial charge in [-0.15, -0.1) is 0 Å². The third kappa shape index (κ3) is 2.65. The van der Waals surface area contributed by atoms with Crippen LogP contribution in [0.1, 0.15) is 11.4 Å². The van der Waals surface area contributed by atoms with Gasteiger partial charge < -0.3 is 15.2 Å². The number of nitrogens with two attached hydrogens (primary N) is 1. The van der Waals surface area contributed by atoms with E-state index in [0.29, 0.717) is 11.5 Å². The predicted octanol–water partition coefficient (Wildman–Crippen LogP) is 1.09. The van der Waals surface area contributed by atoms with Gasteiger partial charge in [0.25, 0.3) is 0 Å². The van der Waals surface area contributed by atoms with Crippen molar-refractivity contribution < 1.29 is 0 Å². The number of nitrogens with zero attached hydrogens (tertiary/aromatic N) is 4. The van der Waals surface area contributed by atoms with Crippen molar-refractivity contribution in [1.82, 2.24) is 14.5 Å². The molecule has 2 aromatic rings. The Balaban J connectivity index is 2.18. The summed E-state index contributed by atoms with van der Waals surface area (Å²) in [7, 11) is 3.93. The zero-order valence-corrected chi connectivity index (χ0v) is 11.2. The maximum Gasteiger partial charge on any atom is 0.129 e. The summed E-state index contributed by atoms with van der Waals surface area (Å²) in [6.07, 6.45) is 5.41. The van der Waals surface area contributed by atoms with E-state index in [1.807, 2.05) is 35.8 Å². The quantitative estimate of drug-likeness (QED) is 0.835. The second kappa shape index (κ2) is 5.14. The molecule has 0 aliphatic heterocycles. The molecule has 6 heteroatoms. The molecule has 18 heavy (non-hydrogen) atoms. The highest BCUT2D eigenvalue weighted by Gasteiger charge is 2.08. The Morgan fingerprint density at radius 2 is 2.22 bits per heavy atom. The molecule has 2 N–H and O–H groups in total. The lowest BCUT2D eigenvalue weighted by atomic mass is 10.2. The number of pyridine rings is 1. The van der Waals surface area contributed by atoms with Crippen LogP contribution in [0.4, 0.5) is 5.82 Å². The number of anilines is 1. The number of aromatic nitrogens is 3. The first-order valence-electron chi connectivity index (χ1n) is 5.51. The molecule has 0 atom stereocenters. The summed E-state index contributed by atoms with van der Waals surface area (Å²) >= 11 is 4.96. The van der Waals surface area contributed by atoms with Crippen molar-refractivity contribution in [1.29, 1.82) is 0 Å². The average Bonchev–Trinajstić information content (AvgIpc) is 2.75. The fraction of sp³-hybridized carbons (Fsp3) is 0.250. The average molecular weight is 261 g/mol. The molecule has 2 rings (SSSR count). The van der Waals surface area contributed by atoms with E-state index >= 15 is 0 Å². The van der Waals surface area contributed by atoms with Gasteiger partial charge in [0.2, 0.25) is 0 Å². The molecule has 0 aliphatic rings. The molecule has 94 valence electrons. The zero-order chi connectivity index (χ0) is 13.1. The lowest BCUT2D eigenvalue weighted by Crippen LogP contribution is -2.21. The highest BCUT2D eigenvalue weighted by molar-refractivity contribution is 7.80. The molecule has 0 saturated heterocycles. The van der Waals surface area contributed by atoms with Gasteiger partial charge in [0.1, 0.15) is 16.6 Å². The van der Waals surface area contributed by atoms with Gasteiger partial charge >= 0.3 is 0 Å². The highest BCUT2D eigenvalue weighted by Crippen LogP contribution is 2.13. The predicted molar refractivity (Wildman–Crippen MR) is 75.4 cm³/mol. The lowest BCUT2D eigenvalue weighted by Gasteiger charge is -2.18. The molecule has 2 heterocycles. The largest absolute Gasteiger partial charge is 0.389 e. The van der Waals surface area contributed by atoms with Gasteiger partial charge in [-0.3, -0.25) is 0 Å². The molecule has 0 aromatic carbocycles. The van der Waals surface area contributed by atoms with Crippen LogP contribution in [0.2, 0.25) is 0 Å². The summed E-state index contributed by atoms with van der Waals surface area (Å²) < 4.78 is 1.98. The number of thiocarbonyl (C=S) groups is 1. The molecule has 0 radical (unpaired) electrons. The zero-order valence-electron chi connectivity index (χ0n) is 10.4. The van der Waals surface area contributed by atoms with Crippen molar-refractivity contribution in [3.63, 3.8) is 0 Å². The number of imidazole rings is 1. The van der Waals surface area contributed by atoms with Crippen molar-refractivity contribution in [2.75, 3.05) is 11.9 Å². The van der Waals surface area contributed by atoms with E-state index in [2.05, 4.69) is 9.97 Å². The van der Waals surface area contributed by atoms with Crippen LogP contribution in [0.15, 0.2) is 30.7 Å². The van der Waals surface area contributed by atoms with Crippen molar-refractivity contribution in [2.24, 2.45) is 12.8 Å². The van der Waals surface area contributed by atoms with Crippen LogP contribution < -0.4 is 10.6 Å².